The third-order valence-electron chi connectivity index (χ3n) is 5.80. The molecule has 7 nitrogen and oxygen atoms in total. The van der Waals surface area contributed by atoms with E-state index in [1.165, 1.54) is 18.5 Å². The number of nitrogens with one attached hydrogen (secondary N) is 1. The highest BCUT2D eigenvalue weighted by molar-refractivity contribution is 7.90. The van der Waals surface area contributed by atoms with Gasteiger partial charge >= 0.3 is 0 Å². The molecule has 0 saturated carbocycles. The van der Waals surface area contributed by atoms with Crippen molar-refractivity contribution in [3.63, 3.8) is 0 Å². The van der Waals surface area contributed by atoms with Gasteiger partial charge in [0, 0.05) is 38.3 Å². The van der Waals surface area contributed by atoms with Crippen molar-refractivity contribution >= 4 is 39.1 Å². The van der Waals surface area contributed by atoms with Crippen molar-refractivity contribution < 1.29 is 13.2 Å². The highest BCUT2D eigenvalue weighted by Crippen LogP contribution is 2.28. The van der Waals surface area contributed by atoms with E-state index in [-0.39, 0.29) is 10.8 Å². The van der Waals surface area contributed by atoms with Crippen LogP contribution in [-0.4, -0.2) is 32.4 Å². The average Bonchev–Trinajstić information content (AvgIpc) is 3.34. The van der Waals surface area contributed by atoms with Crippen LogP contribution in [0.5, 0.6) is 0 Å². The summed E-state index contributed by atoms with van der Waals surface area (Å²) in [5.74, 6) is -0.368. The first kappa shape index (κ1) is 24.8. The minimum atomic E-state index is -3.78. The smallest absolute Gasteiger partial charge is 0.267 e. The summed E-state index contributed by atoms with van der Waals surface area (Å²) in [5.41, 5.74) is 11.6. The number of benzene rings is 3. The van der Waals surface area contributed by atoms with Gasteiger partial charge in [-0.05, 0) is 77.7 Å². The SMILES string of the molecule is Cc1cc(N(C)C)ccc1-c1ccc(S(=O)(=O)n2ccc(C=CC(=O)Nc3ccccc3N)c2)cc1. The molecule has 0 unspecified atom stereocenters. The molecule has 0 aliphatic carbocycles. The van der Waals surface area contributed by atoms with Gasteiger partial charge < -0.3 is 16.0 Å². The summed E-state index contributed by atoms with van der Waals surface area (Å²) in [6, 6.07) is 21.6. The maximum Gasteiger partial charge on any atom is 0.267 e. The number of nitrogens with two attached hydrogens (primary N) is 1. The molecule has 0 atom stereocenters. The van der Waals surface area contributed by atoms with Crippen LogP contribution in [0, 0.1) is 6.92 Å². The maximum absolute atomic E-state index is 13.1. The fourth-order valence-electron chi connectivity index (χ4n) is 3.78. The van der Waals surface area contributed by atoms with Gasteiger partial charge in [-0.25, -0.2) is 12.4 Å². The molecular formula is C28H28N4O3S. The van der Waals surface area contributed by atoms with Crippen molar-refractivity contribution in [3.05, 3.63) is 102 Å². The second-order valence-corrected chi connectivity index (χ2v) is 10.5. The van der Waals surface area contributed by atoms with E-state index in [2.05, 4.69) is 11.4 Å². The predicted octanol–water partition coefficient (Wildman–Crippen LogP) is 5.00. The van der Waals surface area contributed by atoms with E-state index in [0.29, 0.717) is 16.9 Å². The van der Waals surface area contributed by atoms with Crippen LogP contribution in [0.4, 0.5) is 17.1 Å². The summed E-state index contributed by atoms with van der Waals surface area (Å²) in [7, 11) is 0.206. The van der Waals surface area contributed by atoms with Gasteiger partial charge in [-0.15, -0.1) is 0 Å². The maximum atomic E-state index is 13.1. The van der Waals surface area contributed by atoms with Gasteiger partial charge in [0.25, 0.3) is 10.0 Å². The first-order valence-corrected chi connectivity index (χ1v) is 12.7. The Balaban J connectivity index is 1.49. The first-order chi connectivity index (χ1) is 17.1. The highest BCUT2D eigenvalue weighted by atomic mass is 32.2. The number of amides is 1. The van der Waals surface area contributed by atoms with Gasteiger partial charge in [0.1, 0.15) is 0 Å². The van der Waals surface area contributed by atoms with Crippen molar-refractivity contribution in [3.8, 4) is 11.1 Å². The Labute approximate surface area is 211 Å². The number of nitrogens with zero attached hydrogens (tertiary/aromatic N) is 2. The normalized spacial score (nSPS) is 11.5. The molecular weight excluding hydrogens is 472 g/mol. The van der Waals surface area contributed by atoms with Gasteiger partial charge in [-0.1, -0.05) is 30.3 Å². The average molecular weight is 501 g/mol. The van der Waals surface area contributed by atoms with E-state index in [1.807, 2.05) is 50.2 Å². The molecule has 0 saturated heterocycles. The summed E-state index contributed by atoms with van der Waals surface area (Å²) < 4.78 is 27.4. The lowest BCUT2D eigenvalue weighted by atomic mass is 10.00. The Bertz CT molecular complexity index is 1540. The lowest BCUT2D eigenvalue weighted by Gasteiger charge is -2.15. The second-order valence-electron chi connectivity index (χ2n) is 8.61. The molecule has 4 rings (SSSR count). The highest BCUT2D eigenvalue weighted by Gasteiger charge is 2.17. The molecule has 0 bridgehead atoms. The molecule has 1 heterocycles. The van der Waals surface area contributed by atoms with E-state index in [9.17, 15) is 13.2 Å². The van der Waals surface area contributed by atoms with Gasteiger partial charge in [0.05, 0.1) is 16.3 Å². The van der Waals surface area contributed by atoms with Crippen LogP contribution in [0.25, 0.3) is 17.2 Å². The topological polar surface area (TPSA) is 97.4 Å². The zero-order chi connectivity index (χ0) is 25.9. The minimum absolute atomic E-state index is 0.178. The van der Waals surface area contributed by atoms with Crippen LogP contribution in [-0.2, 0) is 14.8 Å². The van der Waals surface area contributed by atoms with Crippen LogP contribution in [0.2, 0.25) is 0 Å². The summed E-state index contributed by atoms with van der Waals surface area (Å²) in [6.07, 6.45) is 5.80. The molecule has 3 aromatic carbocycles. The molecule has 0 aliphatic heterocycles. The lowest BCUT2D eigenvalue weighted by Crippen LogP contribution is -2.11. The van der Waals surface area contributed by atoms with Crippen molar-refractivity contribution in [1.29, 1.82) is 0 Å². The molecule has 0 spiro atoms. The summed E-state index contributed by atoms with van der Waals surface area (Å²) in [4.78, 5) is 14.4. The summed E-state index contributed by atoms with van der Waals surface area (Å²) in [6.45, 7) is 2.04. The Kier molecular flexibility index (Phi) is 6.98. The molecule has 3 N–H and O–H groups in total. The second kappa shape index (κ2) is 10.1. The molecule has 0 aliphatic rings. The molecule has 0 fully saturated rings. The van der Waals surface area contributed by atoms with Gasteiger partial charge in [0.2, 0.25) is 5.91 Å². The number of carbonyl (C=O) groups is 1. The van der Waals surface area contributed by atoms with Crippen molar-refractivity contribution in [2.45, 2.75) is 11.8 Å². The van der Waals surface area contributed by atoms with Gasteiger partial charge in [-0.2, -0.15) is 0 Å². The minimum Gasteiger partial charge on any atom is -0.397 e. The van der Waals surface area contributed by atoms with Gasteiger partial charge in [0.15, 0.2) is 0 Å². The number of anilines is 3. The Morgan fingerprint density at radius 2 is 1.72 bits per heavy atom. The fourth-order valence-corrected chi connectivity index (χ4v) is 4.98. The third-order valence-corrected chi connectivity index (χ3v) is 7.45. The van der Waals surface area contributed by atoms with Crippen molar-refractivity contribution in [2.75, 3.05) is 30.0 Å². The molecule has 1 aromatic heterocycles. The first-order valence-electron chi connectivity index (χ1n) is 11.3. The molecule has 8 heteroatoms. The summed E-state index contributed by atoms with van der Waals surface area (Å²) in [5, 5.41) is 2.70. The fraction of sp³-hybridized carbons (Fsp3) is 0.107. The van der Waals surface area contributed by atoms with Crippen LogP contribution in [0.3, 0.4) is 0 Å². The number of carbonyl (C=O) groups excluding carboxylic acids is 1. The van der Waals surface area contributed by atoms with Crippen LogP contribution >= 0.6 is 0 Å². The number of rotatable bonds is 7. The zero-order valence-corrected chi connectivity index (χ0v) is 21.2. The number of nitrogen functional groups attached to an aromatic ring is 1. The Morgan fingerprint density at radius 1 is 1.00 bits per heavy atom. The van der Waals surface area contributed by atoms with Crippen LogP contribution < -0.4 is 16.0 Å². The molecule has 184 valence electrons. The Hall–Kier alpha value is -4.30. The van der Waals surface area contributed by atoms with E-state index in [1.54, 1.807) is 48.5 Å². The number of para-hydroxylation sites is 2. The van der Waals surface area contributed by atoms with E-state index < -0.39 is 10.0 Å². The Morgan fingerprint density at radius 3 is 2.39 bits per heavy atom. The molecule has 0 radical (unpaired) electrons. The van der Waals surface area contributed by atoms with Crippen molar-refractivity contribution in [1.82, 2.24) is 3.97 Å². The molecule has 36 heavy (non-hydrogen) atoms. The monoisotopic (exact) mass is 500 g/mol. The molecule has 1 amide bonds. The largest absolute Gasteiger partial charge is 0.397 e. The van der Waals surface area contributed by atoms with Crippen molar-refractivity contribution in [2.24, 2.45) is 0 Å². The summed E-state index contributed by atoms with van der Waals surface area (Å²) >= 11 is 0. The number of aryl methyl sites for hydroxylation is 1. The van der Waals surface area contributed by atoms with Crippen LogP contribution in [0.15, 0.2) is 96.2 Å². The third kappa shape index (κ3) is 5.34. The van der Waals surface area contributed by atoms with E-state index in [4.69, 9.17) is 5.73 Å². The predicted molar refractivity (Wildman–Crippen MR) is 146 cm³/mol. The lowest BCUT2D eigenvalue weighted by molar-refractivity contribution is -0.111. The zero-order valence-electron chi connectivity index (χ0n) is 20.3. The van der Waals surface area contributed by atoms with E-state index in [0.717, 1.165) is 26.4 Å². The number of hydrogen-bond acceptors (Lipinski definition) is 5. The number of hydrogen-bond donors (Lipinski definition) is 2. The van der Waals surface area contributed by atoms with Crippen LogP contribution in [0.1, 0.15) is 11.1 Å². The standard InChI is InChI=1S/C28H28N4O3S/c1-20-18-23(31(2)3)11-14-25(20)22-9-12-24(13-10-22)36(34,35)32-17-16-21(19-32)8-15-28(33)30-27-7-5-4-6-26(27)29/h4-19H,29H2,1-3H3,(H,30,33). The van der Waals surface area contributed by atoms with Gasteiger partial charge in [-0.3, -0.25) is 4.79 Å². The number of aromatic nitrogens is 1. The quantitative estimate of drug-likeness (QED) is 0.275. The van der Waals surface area contributed by atoms with E-state index >= 15 is 0 Å². The molecule has 4 aromatic rings.